The largest absolute Gasteiger partial charge is 0.494 e. The summed E-state index contributed by atoms with van der Waals surface area (Å²) in [6, 6.07) is 14.0. The number of benzene rings is 3. The van der Waals surface area contributed by atoms with Gasteiger partial charge in [-0.1, -0.05) is 26.0 Å². The number of ether oxygens (including phenoxy) is 2. The first kappa shape index (κ1) is 28.0. The summed E-state index contributed by atoms with van der Waals surface area (Å²) in [6.07, 6.45) is 1.40. The van der Waals surface area contributed by atoms with Crippen molar-refractivity contribution in [2.75, 3.05) is 13.2 Å². The van der Waals surface area contributed by atoms with Crippen LogP contribution in [0.15, 0.2) is 62.9 Å². The minimum atomic E-state index is -0.515. The Bertz CT molecular complexity index is 1650. The van der Waals surface area contributed by atoms with E-state index in [2.05, 4.69) is 34.9 Å². The van der Waals surface area contributed by atoms with Gasteiger partial charge in [-0.2, -0.15) is 9.78 Å². The zero-order valence-corrected chi connectivity index (χ0v) is 24.0. The van der Waals surface area contributed by atoms with Gasteiger partial charge in [0.2, 0.25) is 5.75 Å². The summed E-state index contributed by atoms with van der Waals surface area (Å²) in [7, 11) is 0. The normalized spacial score (nSPS) is 11.5. The van der Waals surface area contributed by atoms with E-state index in [1.54, 1.807) is 31.2 Å². The lowest BCUT2D eigenvalue weighted by atomic mass is 9.96. The van der Waals surface area contributed by atoms with Crippen LogP contribution < -0.4 is 15.0 Å². The molecule has 0 aliphatic heterocycles. The molecule has 0 unspecified atom stereocenters. The molecule has 0 bridgehead atoms. The Balaban J connectivity index is 1.95. The smallest absolute Gasteiger partial charge is 0.312 e. The van der Waals surface area contributed by atoms with E-state index in [4.69, 9.17) is 14.5 Å². The van der Waals surface area contributed by atoms with Gasteiger partial charge in [0.15, 0.2) is 5.82 Å². The molecule has 9 nitrogen and oxygen atoms in total. The summed E-state index contributed by atoms with van der Waals surface area (Å²) in [4.78, 5) is 29.7. The number of nitro groups is 1. The third-order valence-corrected chi connectivity index (χ3v) is 6.72. The van der Waals surface area contributed by atoms with E-state index in [-0.39, 0.29) is 29.5 Å². The average molecular weight is 593 g/mol. The minimum Gasteiger partial charge on any atom is -0.494 e. The Morgan fingerprint density at radius 3 is 2.51 bits per heavy atom. The number of rotatable bonds is 9. The standard InChI is InChI=1S/C29H29BrN4O5/c1-6-38-26-12-18(5)22(15-21(26)17(3)4)28-32-24-11-9-8-10-20(24)29(35)33(28)31-16-19-13-23(30)27(39-7-2)25(14-19)34(36)37/h8-17H,6-7H2,1-5H3. The van der Waals surface area contributed by atoms with Crippen molar-refractivity contribution in [2.24, 2.45) is 5.10 Å². The van der Waals surface area contributed by atoms with Gasteiger partial charge >= 0.3 is 5.69 Å². The molecule has 0 fully saturated rings. The molecule has 0 radical (unpaired) electrons. The molecule has 39 heavy (non-hydrogen) atoms. The monoisotopic (exact) mass is 592 g/mol. The number of para-hydroxylation sites is 1. The molecule has 4 aromatic rings. The first-order chi connectivity index (χ1) is 18.7. The Kier molecular flexibility index (Phi) is 8.44. The number of hydrogen-bond donors (Lipinski definition) is 0. The second-order valence-electron chi connectivity index (χ2n) is 9.15. The van der Waals surface area contributed by atoms with Crippen molar-refractivity contribution < 1.29 is 14.4 Å². The van der Waals surface area contributed by atoms with E-state index in [1.165, 1.54) is 17.0 Å². The maximum atomic E-state index is 13.7. The summed E-state index contributed by atoms with van der Waals surface area (Å²) in [5.41, 5.74) is 2.99. The fourth-order valence-electron chi connectivity index (χ4n) is 4.30. The SMILES string of the molecule is CCOc1cc(C)c(-c2nc3ccccc3c(=O)n2N=Cc2cc(Br)c(OCC)c([N+](=O)[O-])c2)cc1C(C)C. The van der Waals surface area contributed by atoms with Crippen molar-refractivity contribution in [2.45, 2.75) is 40.5 Å². The summed E-state index contributed by atoms with van der Waals surface area (Å²) >= 11 is 3.36. The topological polar surface area (TPSA) is 109 Å². The van der Waals surface area contributed by atoms with Crippen LogP contribution in [0.2, 0.25) is 0 Å². The molecule has 0 atom stereocenters. The van der Waals surface area contributed by atoms with Gasteiger partial charge in [-0.15, -0.1) is 0 Å². The molecule has 0 spiro atoms. The second kappa shape index (κ2) is 11.8. The quantitative estimate of drug-likeness (QED) is 0.119. The van der Waals surface area contributed by atoms with Gasteiger partial charge < -0.3 is 9.47 Å². The van der Waals surface area contributed by atoms with Crippen molar-refractivity contribution in [3.63, 3.8) is 0 Å². The lowest BCUT2D eigenvalue weighted by Crippen LogP contribution is -2.21. The van der Waals surface area contributed by atoms with E-state index in [9.17, 15) is 14.9 Å². The number of nitrogens with zero attached hydrogens (tertiary/aromatic N) is 4. The Hall–Kier alpha value is -4.05. The van der Waals surface area contributed by atoms with Gasteiger partial charge in [0.25, 0.3) is 5.56 Å². The van der Waals surface area contributed by atoms with E-state index < -0.39 is 4.92 Å². The zero-order chi connectivity index (χ0) is 28.3. The highest BCUT2D eigenvalue weighted by Crippen LogP contribution is 2.37. The lowest BCUT2D eigenvalue weighted by molar-refractivity contribution is -0.385. The van der Waals surface area contributed by atoms with Gasteiger partial charge in [0.05, 0.1) is 39.7 Å². The van der Waals surface area contributed by atoms with Crippen molar-refractivity contribution in [3.05, 3.63) is 90.2 Å². The van der Waals surface area contributed by atoms with Crippen LogP contribution in [0.25, 0.3) is 22.3 Å². The van der Waals surface area contributed by atoms with Gasteiger partial charge in [-0.05, 0) is 84.1 Å². The van der Waals surface area contributed by atoms with Crippen LogP contribution in [0.4, 0.5) is 5.69 Å². The van der Waals surface area contributed by atoms with E-state index in [1.807, 2.05) is 32.0 Å². The molecule has 0 saturated heterocycles. The van der Waals surface area contributed by atoms with Crippen LogP contribution in [-0.2, 0) is 0 Å². The number of aromatic nitrogens is 2. The average Bonchev–Trinajstić information content (AvgIpc) is 2.89. The predicted octanol–water partition coefficient (Wildman–Crippen LogP) is 6.85. The highest BCUT2D eigenvalue weighted by atomic mass is 79.9. The Morgan fingerprint density at radius 2 is 1.85 bits per heavy atom. The van der Waals surface area contributed by atoms with Gasteiger partial charge in [0, 0.05) is 17.2 Å². The first-order valence-corrected chi connectivity index (χ1v) is 13.4. The van der Waals surface area contributed by atoms with Crippen molar-refractivity contribution >= 4 is 38.7 Å². The maximum Gasteiger partial charge on any atom is 0.312 e. The molecule has 10 heteroatoms. The third-order valence-electron chi connectivity index (χ3n) is 6.13. The molecule has 0 amide bonds. The van der Waals surface area contributed by atoms with Crippen molar-refractivity contribution in [1.82, 2.24) is 9.66 Å². The molecular weight excluding hydrogens is 564 g/mol. The van der Waals surface area contributed by atoms with Crippen LogP contribution in [0.1, 0.15) is 50.3 Å². The first-order valence-electron chi connectivity index (χ1n) is 12.6. The molecule has 0 aliphatic carbocycles. The highest BCUT2D eigenvalue weighted by molar-refractivity contribution is 9.10. The minimum absolute atomic E-state index is 0.135. The number of halogens is 1. The third kappa shape index (κ3) is 5.70. The molecule has 1 heterocycles. The van der Waals surface area contributed by atoms with Crippen LogP contribution in [0.3, 0.4) is 0 Å². The summed E-state index contributed by atoms with van der Waals surface area (Å²) in [5.74, 6) is 1.45. The number of fused-ring (bicyclic) bond motifs is 1. The predicted molar refractivity (Wildman–Crippen MR) is 156 cm³/mol. The van der Waals surface area contributed by atoms with E-state index in [0.717, 1.165) is 22.4 Å². The molecule has 202 valence electrons. The number of aryl methyl sites for hydroxylation is 1. The van der Waals surface area contributed by atoms with Crippen molar-refractivity contribution in [3.8, 4) is 22.9 Å². The van der Waals surface area contributed by atoms with E-state index >= 15 is 0 Å². The molecule has 1 aromatic heterocycles. The molecule has 0 N–H and O–H groups in total. The van der Waals surface area contributed by atoms with E-state index in [0.29, 0.717) is 33.4 Å². The Morgan fingerprint density at radius 1 is 1.13 bits per heavy atom. The van der Waals surface area contributed by atoms with Gasteiger partial charge in [-0.3, -0.25) is 14.9 Å². The molecular formula is C29H29BrN4O5. The van der Waals surface area contributed by atoms with Crippen LogP contribution in [0.5, 0.6) is 11.5 Å². The lowest BCUT2D eigenvalue weighted by Gasteiger charge is -2.18. The molecule has 0 saturated carbocycles. The molecule has 3 aromatic carbocycles. The van der Waals surface area contributed by atoms with Gasteiger partial charge in [-0.25, -0.2) is 4.98 Å². The van der Waals surface area contributed by atoms with Crippen LogP contribution >= 0.6 is 15.9 Å². The van der Waals surface area contributed by atoms with Crippen LogP contribution in [0, 0.1) is 17.0 Å². The Labute approximate surface area is 234 Å². The zero-order valence-electron chi connectivity index (χ0n) is 22.4. The highest BCUT2D eigenvalue weighted by Gasteiger charge is 2.21. The number of hydrogen-bond acceptors (Lipinski definition) is 7. The maximum absolute atomic E-state index is 13.7. The fraction of sp³-hybridized carbons (Fsp3) is 0.276. The number of nitro benzene ring substituents is 1. The van der Waals surface area contributed by atoms with Crippen molar-refractivity contribution in [1.29, 1.82) is 0 Å². The summed E-state index contributed by atoms with van der Waals surface area (Å²) < 4.78 is 13.0. The summed E-state index contributed by atoms with van der Waals surface area (Å²) in [5, 5.41) is 16.6. The second-order valence-corrected chi connectivity index (χ2v) is 10.0. The fourth-order valence-corrected chi connectivity index (χ4v) is 4.88. The molecule has 0 aliphatic rings. The van der Waals surface area contributed by atoms with Crippen LogP contribution in [-0.4, -0.2) is 34.0 Å². The van der Waals surface area contributed by atoms with Gasteiger partial charge in [0.1, 0.15) is 5.75 Å². The molecule has 4 rings (SSSR count). The summed E-state index contributed by atoms with van der Waals surface area (Å²) in [6.45, 7) is 10.6.